The minimum absolute atomic E-state index is 0.172. The summed E-state index contributed by atoms with van der Waals surface area (Å²) in [5, 5.41) is 7.35. The number of nitrogens with one attached hydrogen (secondary N) is 1. The van der Waals surface area contributed by atoms with E-state index in [9.17, 15) is 9.59 Å². The van der Waals surface area contributed by atoms with Gasteiger partial charge in [0.15, 0.2) is 0 Å². The normalized spacial score (nSPS) is 16.8. The van der Waals surface area contributed by atoms with Gasteiger partial charge in [-0.2, -0.15) is 5.10 Å². The van der Waals surface area contributed by atoms with E-state index in [-0.39, 0.29) is 18.4 Å². The average Bonchev–Trinajstić information content (AvgIpc) is 3.21. The molecule has 25 heavy (non-hydrogen) atoms. The summed E-state index contributed by atoms with van der Waals surface area (Å²) >= 11 is 0. The number of hydrogen-bond acceptors (Lipinski definition) is 3. The predicted molar refractivity (Wildman–Crippen MR) is 94.4 cm³/mol. The summed E-state index contributed by atoms with van der Waals surface area (Å²) in [6.07, 6.45) is 6.10. The first kappa shape index (κ1) is 15.6. The van der Waals surface area contributed by atoms with E-state index in [1.54, 1.807) is 6.08 Å². The predicted octanol–water partition coefficient (Wildman–Crippen LogP) is 3.15. The highest BCUT2D eigenvalue weighted by Gasteiger charge is 2.37. The number of amides is 2. The molecule has 2 amide bonds. The van der Waals surface area contributed by atoms with Crippen molar-refractivity contribution < 1.29 is 9.59 Å². The van der Waals surface area contributed by atoms with Crippen LogP contribution in [0.15, 0.2) is 53.6 Å². The molecular formula is C20H19N3O2. The number of imide groups is 1. The van der Waals surface area contributed by atoms with Crippen LogP contribution >= 0.6 is 0 Å². The van der Waals surface area contributed by atoms with Gasteiger partial charge in [-0.25, -0.2) is 0 Å². The minimum Gasteiger partial charge on any atom is -0.280 e. The largest absolute Gasteiger partial charge is 0.280 e. The van der Waals surface area contributed by atoms with E-state index in [1.807, 2.05) is 30.3 Å². The van der Waals surface area contributed by atoms with Gasteiger partial charge in [-0.15, -0.1) is 0 Å². The Kier molecular flexibility index (Phi) is 3.84. The van der Waals surface area contributed by atoms with Crippen molar-refractivity contribution >= 4 is 11.8 Å². The van der Waals surface area contributed by atoms with Crippen LogP contribution in [0.3, 0.4) is 0 Å². The Morgan fingerprint density at radius 2 is 2.04 bits per heavy atom. The van der Waals surface area contributed by atoms with Crippen molar-refractivity contribution in [2.45, 2.75) is 32.7 Å². The summed E-state index contributed by atoms with van der Waals surface area (Å²) in [6, 6.07) is 10.0. The molecule has 0 saturated carbocycles. The number of aryl methyl sites for hydroxylation is 1. The molecule has 5 nitrogen and oxygen atoms in total. The van der Waals surface area contributed by atoms with Gasteiger partial charge in [0, 0.05) is 16.7 Å². The van der Waals surface area contributed by atoms with Crippen molar-refractivity contribution in [2.24, 2.45) is 0 Å². The lowest BCUT2D eigenvalue weighted by Crippen LogP contribution is -2.31. The number of hydrogen-bond donors (Lipinski definition) is 1. The fraction of sp³-hybridized carbons (Fsp3) is 0.250. The molecule has 1 aliphatic carbocycles. The van der Waals surface area contributed by atoms with E-state index in [2.05, 4.69) is 23.2 Å². The fourth-order valence-corrected chi connectivity index (χ4v) is 3.46. The third kappa shape index (κ3) is 2.61. The van der Waals surface area contributed by atoms with Crippen LogP contribution in [0, 0.1) is 0 Å². The van der Waals surface area contributed by atoms with Crippen molar-refractivity contribution in [3.63, 3.8) is 0 Å². The second-order valence-corrected chi connectivity index (χ2v) is 6.32. The van der Waals surface area contributed by atoms with E-state index in [0.29, 0.717) is 17.6 Å². The maximum absolute atomic E-state index is 12.5. The smallest absolute Gasteiger partial charge is 0.261 e. The van der Waals surface area contributed by atoms with Crippen LogP contribution < -0.4 is 0 Å². The molecule has 1 aromatic heterocycles. The van der Waals surface area contributed by atoms with Crippen LogP contribution in [0.2, 0.25) is 0 Å². The van der Waals surface area contributed by atoms with E-state index in [1.165, 1.54) is 10.5 Å². The molecule has 1 N–H and O–H groups in total. The topological polar surface area (TPSA) is 66.1 Å². The lowest BCUT2D eigenvalue weighted by atomic mass is 10.00. The summed E-state index contributed by atoms with van der Waals surface area (Å²) in [5.41, 5.74) is 5.08. The summed E-state index contributed by atoms with van der Waals surface area (Å²) in [4.78, 5) is 26.3. The van der Waals surface area contributed by atoms with Gasteiger partial charge < -0.3 is 0 Å². The first-order valence-corrected chi connectivity index (χ1v) is 8.57. The number of benzene rings is 1. The maximum atomic E-state index is 12.5. The summed E-state index contributed by atoms with van der Waals surface area (Å²) in [5.74, 6) is -0.379. The number of carbonyl (C=O) groups excluding carboxylic acids is 2. The zero-order chi connectivity index (χ0) is 17.4. The molecule has 2 aliphatic rings. The molecule has 4 rings (SSSR count). The van der Waals surface area contributed by atoms with Gasteiger partial charge in [-0.3, -0.25) is 19.6 Å². The van der Waals surface area contributed by atoms with Crippen LogP contribution in [0.5, 0.6) is 0 Å². The number of rotatable bonds is 4. The standard InChI is InChI=1S/C20H19N3O2/c1-2-13-7-3-4-8-15(13)18-11-14(21-22-18)12-23-19(24)16-9-5-6-10-17(16)20(23)25/h3-5,7-9,11H,2,6,10,12H2,1H3,(H,21,22). The van der Waals surface area contributed by atoms with E-state index in [4.69, 9.17) is 0 Å². The summed E-state index contributed by atoms with van der Waals surface area (Å²) < 4.78 is 0. The highest BCUT2D eigenvalue weighted by molar-refractivity contribution is 6.20. The molecule has 0 saturated heterocycles. The van der Waals surface area contributed by atoms with Crippen LogP contribution in [0.25, 0.3) is 11.3 Å². The van der Waals surface area contributed by atoms with Crippen molar-refractivity contribution in [3.05, 3.63) is 64.9 Å². The Labute approximate surface area is 146 Å². The Morgan fingerprint density at radius 1 is 1.20 bits per heavy atom. The third-order valence-corrected chi connectivity index (χ3v) is 4.78. The Hall–Kier alpha value is -2.95. The monoisotopic (exact) mass is 333 g/mol. The summed E-state index contributed by atoms with van der Waals surface area (Å²) in [6.45, 7) is 2.33. The average molecular weight is 333 g/mol. The molecule has 2 aromatic rings. The molecule has 0 radical (unpaired) electrons. The highest BCUT2D eigenvalue weighted by Crippen LogP contribution is 2.30. The molecule has 0 fully saturated rings. The Balaban J connectivity index is 1.57. The quantitative estimate of drug-likeness (QED) is 0.874. The summed E-state index contributed by atoms with van der Waals surface area (Å²) in [7, 11) is 0. The third-order valence-electron chi connectivity index (χ3n) is 4.78. The first-order valence-electron chi connectivity index (χ1n) is 8.57. The number of carbonyl (C=O) groups is 2. The SMILES string of the molecule is CCc1ccccc1-c1cc(CN2C(=O)C3=C(CCC=C3)C2=O)[nH]n1. The highest BCUT2D eigenvalue weighted by atomic mass is 16.2. The molecule has 0 atom stereocenters. The lowest BCUT2D eigenvalue weighted by molar-refractivity contribution is -0.138. The van der Waals surface area contributed by atoms with Crippen LogP contribution in [-0.4, -0.2) is 26.9 Å². The van der Waals surface area contributed by atoms with Crippen molar-refractivity contribution in [3.8, 4) is 11.3 Å². The van der Waals surface area contributed by atoms with Gasteiger partial charge in [0.2, 0.25) is 0 Å². The van der Waals surface area contributed by atoms with Gasteiger partial charge in [0.05, 0.1) is 17.9 Å². The second kappa shape index (κ2) is 6.16. The van der Waals surface area contributed by atoms with Gasteiger partial charge >= 0.3 is 0 Å². The van der Waals surface area contributed by atoms with E-state index in [0.717, 1.165) is 29.8 Å². The Morgan fingerprint density at radius 3 is 2.84 bits per heavy atom. The molecule has 1 aliphatic heterocycles. The maximum Gasteiger partial charge on any atom is 0.261 e. The van der Waals surface area contributed by atoms with Crippen LogP contribution in [-0.2, 0) is 22.6 Å². The van der Waals surface area contributed by atoms with Gasteiger partial charge in [0.1, 0.15) is 0 Å². The second-order valence-electron chi connectivity index (χ2n) is 6.32. The van der Waals surface area contributed by atoms with Gasteiger partial charge in [-0.05, 0) is 30.9 Å². The van der Waals surface area contributed by atoms with Crippen molar-refractivity contribution in [1.82, 2.24) is 15.1 Å². The molecule has 0 unspecified atom stereocenters. The molecule has 0 bridgehead atoms. The van der Waals surface area contributed by atoms with E-state index >= 15 is 0 Å². The molecule has 0 spiro atoms. The van der Waals surface area contributed by atoms with Crippen LogP contribution in [0.4, 0.5) is 0 Å². The molecule has 5 heteroatoms. The number of aromatic nitrogens is 2. The van der Waals surface area contributed by atoms with E-state index < -0.39 is 0 Å². The van der Waals surface area contributed by atoms with Gasteiger partial charge in [-0.1, -0.05) is 43.3 Å². The van der Waals surface area contributed by atoms with Crippen molar-refractivity contribution in [1.29, 1.82) is 0 Å². The number of nitrogens with zero attached hydrogens (tertiary/aromatic N) is 2. The fourth-order valence-electron chi connectivity index (χ4n) is 3.46. The number of aromatic amines is 1. The van der Waals surface area contributed by atoms with Crippen LogP contribution in [0.1, 0.15) is 31.0 Å². The number of allylic oxidation sites excluding steroid dienone is 1. The molecule has 1 aromatic carbocycles. The van der Waals surface area contributed by atoms with Crippen molar-refractivity contribution in [2.75, 3.05) is 0 Å². The lowest BCUT2D eigenvalue weighted by Gasteiger charge is -2.13. The molecule has 2 heterocycles. The minimum atomic E-state index is -0.207. The Bertz CT molecular complexity index is 921. The zero-order valence-electron chi connectivity index (χ0n) is 14.1. The number of H-pyrrole nitrogens is 1. The molecular weight excluding hydrogens is 314 g/mol. The zero-order valence-corrected chi connectivity index (χ0v) is 14.1. The first-order chi connectivity index (χ1) is 12.2. The van der Waals surface area contributed by atoms with Gasteiger partial charge in [0.25, 0.3) is 11.8 Å². The molecule has 126 valence electrons.